The van der Waals surface area contributed by atoms with E-state index in [0.29, 0.717) is 25.5 Å². The van der Waals surface area contributed by atoms with Crippen molar-refractivity contribution < 1.29 is 9.90 Å². The molecule has 3 heterocycles. The lowest BCUT2D eigenvalue weighted by Gasteiger charge is -2.14. The molecule has 3 rings (SSSR count). The van der Waals surface area contributed by atoms with Gasteiger partial charge in [-0.15, -0.1) is 0 Å². The Morgan fingerprint density at radius 3 is 2.88 bits per heavy atom. The van der Waals surface area contributed by atoms with Crippen LogP contribution in [-0.4, -0.2) is 51.5 Å². The number of rotatable bonds is 4. The van der Waals surface area contributed by atoms with Gasteiger partial charge in [0.2, 0.25) is 0 Å². The summed E-state index contributed by atoms with van der Waals surface area (Å²) in [6.07, 6.45) is -0.449. The smallest absolute Gasteiger partial charge is 0.271 e. The van der Waals surface area contributed by atoms with Crippen molar-refractivity contribution in [2.75, 3.05) is 19.6 Å². The normalized spacial score (nSPS) is 20.3. The van der Waals surface area contributed by atoms with E-state index in [4.69, 9.17) is 11.6 Å². The summed E-state index contributed by atoms with van der Waals surface area (Å²) in [5, 5.41) is 20.3. The number of carbonyl (C=O) groups excluding carboxylic acids is 1. The van der Waals surface area contributed by atoms with Gasteiger partial charge in [-0.3, -0.25) is 4.79 Å². The average molecular weight is 350 g/mol. The zero-order chi connectivity index (χ0) is 17.3. The van der Waals surface area contributed by atoms with Gasteiger partial charge in [0.15, 0.2) is 5.82 Å². The highest BCUT2D eigenvalue weighted by Crippen LogP contribution is 2.18. The maximum atomic E-state index is 12.4. The van der Waals surface area contributed by atoms with Crippen LogP contribution < -0.4 is 10.6 Å². The third kappa shape index (κ3) is 3.43. The topological polar surface area (TPSA) is 92.1 Å². The Hall–Kier alpha value is -1.96. The maximum absolute atomic E-state index is 12.4. The number of aryl methyl sites for hydroxylation is 2. The minimum Gasteiger partial charge on any atom is -0.391 e. The molecule has 2 aromatic rings. The fourth-order valence-electron chi connectivity index (χ4n) is 2.80. The molecule has 1 aliphatic heterocycles. The SMILES string of the molecule is Cc1cc(C)n(-c2ccc(Cl)c(C(=O)NCC3CNCC3O)n2)n1. The van der Waals surface area contributed by atoms with Crippen LogP contribution in [0, 0.1) is 19.8 Å². The Balaban J connectivity index is 1.78. The van der Waals surface area contributed by atoms with E-state index >= 15 is 0 Å². The minimum atomic E-state index is -0.449. The zero-order valence-corrected chi connectivity index (χ0v) is 14.3. The number of aromatic nitrogens is 3. The molecular formula is C16H20ClN5O2. The van der Waals surface area contributed by atoms with E-state index < -0.39 is 6.10 Å². The molecule has 2 aromatic heterocycles. The van der Waals surface area contributed by atoms with Crippen molar-refractivity contribution in [3.05, 3.63) is 40.3 Å². The van der Waals surface area contributed by atoms with Crippen molar-refractivity contribution in [3.8, 4) is 5.82 Å². The molecular weight excluding hydrogens is 330 g/mol. The fourth-order valence-corrected chi connectivity index (χ4v) is 3.00. The molecule has 128 valence electrons. The molecule has 7 nitrogen and oxygen atoms in total. The Kier molecular flexibility index (Phi) is 4.84. The number of nitrogens with zero attached hydrogens (tertiary/aromatic N) is 3. The van der Waals surface area contributed by atoms with Crippen molar-refractivity contribution in [3.63, 3.8) is 0 Å². The number of β-amino-alcohol motifs (C(OH)–C–C–N with tert-alkyl or cyclic N) is 1. The zero-order valence-electron chi connectivity index (χ0n) is 13.6. The molecule has 0 saturated carbocycles. The fraction of sp³-hybridized carbons (Fsp3) is 0.438. The second-order valence-corrected chi connectivity index (χ2v) is 6.44. The van der Waals surface area contributed by atoms with E-state index in [0.717, 1.165) is 11.4 Å². The second kappa shape index (κ2) is 6.88. The lowest BCUT2D eigenvalue weighted by Crippen LogP contribution is -2.35. The summed E-state index contributed by atoms with van der Waals surface area (Å²) in [4.78, 5) is 16.8. The van der Waals surface area contributed by atoms with Crippen molar-refractivity contribution in [2.24, 2.45) is 5.92 Å². The van der Waals surface area contributed by atoms with Crippen LogP contribution in [0.15, 0.2) is 18.2 Å². The highest BCUT2D eigenvalue weighted by molar-refractivity contribution is 6.33. The summed E-state index contributed by atoms with van der Waals surface area (Å²) in [5.74, 6) is 0.173. The van der Waals surface area contributed by atoms with E-state index in [2.05, 4.69) is 20.7 Å². The number of amides is 1. The monoisotopic (exact) mass is 349 g/mol. The number of nitrogens with one attached hydrogen (secondary N) is 2. The molecule has 1 saturated heterocycles. The molecule has 1 amide bonds. The largest absolute Gasteiger partial charge is 0.391 e. The number of pyridine rings is 1. The molecule has 2 atom stereocenters. The molecule has 0 spiro atoms. The van der Waals surface area contributed by atoms with Crippen LogP contribution in [0.4, 0.5) is 0 Å². The Bertz CT molecular complexity index is 761. The molecule has 0 radical (unpaired) electrons. The predicted molar refractivity (Wildman–Crippen MR) is 90.5 cm³/mol. The summed E-state index contributed by atoms with van der Waals surface area (Å²) >= 11 is 6.13. The van der Waals surface area contributed by atoms with E-state index in [9.17, 15) is 9.90 Å². The number of aliphatic hydroxyl groups is 1. The number of aliphatic hydroxyl groups excluding tert-OH is 1. The highest BCUT2D eigenvalue weighted by Gasteiger charge is 2.25. The molecule has 1 fully saturated rings. The van der Waals surface area contributed by atoms with Gasteiger partial charge in [-0.2, -0.15) is 5.10 Å². The van der Waals surface area contributed by atoms with Crippen molar-refractivity contribution in [1.82, 2.24) is 25.4 Å². The van der Waals surface area contributed by atoms with E-state index in [1.165, 1.54) is 0 Å². The van der Waals surface area contributed by atoms with Gasteiger partial charge in [-0.1, -0.05) is 11.6 Å². The maximum Gasteiger partial charge on any atom is 0.271 e. The van der Waals surface area contributed by atoms with Gasteiger partial charge < -0.3 is 15.7 Å². The van der Waals surface area contributed by atoms with Gasteiger partial charge in [0.1, 0.15) is 5.69 Å². The number of hydrogen-bond acceptors (Lipinski definition) is 5. The first kappa shape index (κ1) is 16.9. The van der Waals surface area contributed by atoms with Crippen molar-refractivity contribution in [2.45, 2.75) is 20.0 Å². The first-order chi connectivity index (χ1) is 11.5. The van der Waals surface area contributed by atoms with Gasteiger partial charge in [0, 0.05) is 31.2 Å². The molecule has 1 aliphatic rings. The van der Waals surface area contributed by atoms with Crippen LogP contribution >= 0.6 is 11.6 Å². The Labute approximate surface area is 145 Å². The van der Waals surface area contributed by atoms with Crippen LogP contribution in [0.1, 0.15) is 21.9 Å². The van der Waals surface area contributed by atoms with Crippen molar-refractivity contribution in [1.29, 1.82) is 0 Å². The summed E-state index contributed by atoms with van der Waals surface area (Å²) in [7, 11) is 0. The predicted octanol–water partition coefficient (Wildman–Crippen LogP) is 0.848. The van der Waals surface area contributed by atoms with Crippen LogP contribution in [0.5, 0.6) is 0 Å². The van der Waals surface area contributed by atoms with Crippen LogP contribution in [-0.2, 0) is 0 Å². The van der Waals surface area contributed by atoms with E-state index in [1.54, 1.807) is 16.8 Å². The first-order valence-electron chi connectivity index (χ1n) is 7.83. The molecule has 24 heavy (non-hydrogen) atoms. The van der Waals surface area contributed by atoms with Gasteiger partial charge in [0.05, 0.1) is 16.8 Å². The Morgan fingerprint density at radius 2 is 2.25 bits per heavy atom. The van der Waals surface area contributed by atoms with Crippen molar-refractivity contribution >= 4 is 17.5 Å². The quantitative estimate of drug-likeness (QED) is 0.761. The first-order valence-corrected chi connectivity index (χ1v) is 8.20. The number of hydrogen-bond donors (Lipinski definition) is 3. The molecule has 0 aliphatic carbocycles. The summed E-state index contributed by atoms with van der Waals surface area (Å²) < 4.78 is 1.67. The molecule has 0 bridgehead atoms. The standard InChI is InChI=1S/C16H20ClN5O2/c1-9-5-10(2)22(21-9)14-4-3-12(17)15(20-14)16(24)19-7-11-6-18-8-13(11)23/h3-5,11,13,18,23H,6-8H2,1-2H3,(H,19,24). The van der Waals surface area contributed by atoms with Gasteiger partial charge in [-0.25, -0.2) is 9.67 Å². The molecule has 3 N–H and O–H groups in total. The van der Waals surface area contributed by atoms with Crippen LogP contribution in [0.25, 0.3) is 5.82 Å². The van der Waals surface area contributed by atoms with E-state index in [1.807, 2.05) is 19.9 Å². The van der Waals surface area contributed by atoms with E-state index in [-0.39, 0.29) is 22.5 Å². The van der Waals surface area contributed by atoms with Crippen LogP contribution in [0.2, 0.25) is 5.02 Å². The summed E-state index contributed by atoms with van der Waals surface area (Å²) in [6, 6.07) is 5.30. The second-order valence-electron chi connectivity index (χ2n) is 6.03. The Morgan fingerprint density at radius 1 is 1.46 bits per heavy atom. The lowest BCUT2D eigenvalue weighted by molar-refractivity contribution is 0.0922. The molecule has 8 heteroatoms. The molecule has 2 unspecified atom stereocenters. The number of halogens is 1. The average Bonchev–Trinajstić information content (AvgIpc) is 3.10. The summed E-state index contributed by atoms with van der Waals surface area (Å²) in [6.45, 7) is 5.41. The minimum absolute atomic E-state index is 0.00748. The summed E-state index contributed by atoms with van der Waals surface area (Å²) in [5.41, 5.74) is 1.95. The van der Waals surface area contributed by atoms with Gasteiger partial charge >= 0.3 is 0 Å². The third-order valence-electron chi connectivity index (χ3n) is 4.10. The van der Waals surface area contributed by atoms with Gasteiger partial charge in [0.25, 0.3) is 5.91 Å². The van der Waals surface area contributed by atoms with Gasteiger partial charge in [-0.05, 0) is 32.0 Å². The van der Waals surface area contributed by atoms with Crippen LogP contribution in [0.3, 0.4) is 0 Å². The number of carbonyl (C=O) groups is 1. The third-order valence-corrected chi connectivity index (χ3v) is 4.41. The lowest BCUT2D eigenvalue weighted by atomic mass is 10.1. The molecule has 0 aromatic carbocycles. The highest BCUT2D eigenvalue weighted by atomic mass is 35.5.